The molecule has 9 nitrogen and oxygen atoms in total. The number of aliphatic imine (C=N–C) groups is 1. The number of esters is 1. The van der Waals surface area contributed by atoms with Gasteiger partial charge in [-0.25, -0.2) is 5.01 Å². The number of carbonyl (C=O) groups is 3. The molecule has 10 heteroatoms. The van der Waals surface area contributed by atoms with Gasteiger partial charge >= 0.3 is 5.97 Å². The summed E-state index contributed by atoms with van der Waals surface area (Å²) in [5.74, 6) is 0.0213. The van der Waals surface area contributed by atoms with Gasteiger partial charge in [0, 0.05) is 25.5 Å². The molecule has 0 saturated heterocycles. The Kier molecular flexibility index (Phi) is 7.74. The maximum absolute atomic E-state index is 12.8. The Bertz CT molecular complexity index is 1440. The maximum Gasteiger partial charge on any atom is 0.308 e. The third-order valence-electron chi connectivity index (χ3n) is 6.21. The summed E-state index contributed by atoms with van der Waals surface area (Å²) in [5, 5.41) is 9.24. The minimum atomic E-state index is -0.659. The van der Waals surface area contributed by atoms with Gasteiger partial charge in [-0.05, 0) is 47.5 Å². The number of rotatable bonds is 7. The van der Waals surface area contributed by atoms with E-state index >= 15 is 0 Å². The molecule has 0 aliphatic carbocycles. The number of methoxy groups -OCH3 is 1. The molecule has 3 aromatic carbocycles. The van der Waals surface area contributed by atoms with Gasteiger partial charge in [-0.3, -0.25) is 14.4 Å². The van der Waals surface area contributed by atoms with Gasteiger partial charge in [-0.1, -0.05) is 54.2 Å². The smallest absolute Gasteiger partial charge is 0.308 e. The number of hydrogen-bond donors (Lipinski definition) is 1. The number of carbonyl (C=O) groups excluding carboxylic acids is 3. The maximum atomic E-state index is 12.8. The second kappa shape index (κ2) is 11.5. The highest BCUT2D eigenvalue weighted by Gasteiger charge is 2.39. The molecule has 198 valence electrons. The largest absolute Gasteiger partial charge is 0.497 e. The molecule has 0 bridgehead atoms. The van der Waals surface area contributed by atoms with Gasteiger partial charge in [-0.2, -0.15) is 10.1 Å². The predicted octanol–water partition coefficient (Wildman–Crippen LogP) is 4.80. The molecule has 0 spiro atoms. The van der Waals surface area contributed by atoms with Crippen LogP contribution in [0.3, 0.4) is 0 Å². The molecular formula is C29H26N4O5S. The van der Waals surface area contributed by atoms with Crippen molar-refractivity contribution in [3.8, 4) is 11.5 Å². The van der Waals surface area contributed by atoms with E-state index in [0.29, 0.717) is 23.0 Å². The van der Waals surface area contributed by atoms with E-state index in [1.165, 1.54) is 18.7 Å². The van der Waals surface area contributed by atoms with Gasteiger partial charge in [0.2, 0.25) is 5.91 Å². The van der Waals surface area contributed by atoms with E-state index < -0.39 is 11.2 Å². The number of benzene rings is 3. The third-order valence-corrected chi connectivity index (χ3v) is 7.36. The van der Waals surface area contributed by atoms with E-state index in [1.54, 1.807) is 36.4 Å². The molecule has 0 saturated carbocycles. The van der Waals surface area contributed by atoms with Crippen LogP contribution in [0.1, 0.15) is 36.9 Å². The second-order valence-corrected chi connectivity index (χ2v) is 10.1. The van der Waals surface area contributed by atoms with Gasteiger partial charge in [0.1, 0.15) is 16.7 Å². The molecule has 2 aliphatic heterocycles. The van der Waals surface area contributed by atoms with E-state index in [0.717, 1.165) is 22.6 Å². The van der Waals surface area contributed by atoms with E-state index in [1.807, 2.05) is 54.6 Å². The molecule has 5 rings (SSSR count). The Morgan fingerprint density at radius 1 is 1.00 bits per heavy atom. The van der Waals surface area contributed by atoms with Gasteiger partial charge in [0.15, 0.2) is 5.17 Å². The summed E-state index contributed by atoms with van der Waals surface area (Å²) in [6.45, 7) is 1.32. The zero-order valence-electron chi connectivity index (χ0n) is 21.4. The molecule has 0 radical (unpaired) electrons. The topological polar surface area (TPSA) is 110 Å². The summed E-state index contributed by atoms with van der Waals surface area (Å²) in [6.07, 6.45) is 0.594. The molecular weight excluding hydrogens is 516 g/mol. The van der Waals surface area contributed by atoms with Crippen molar-refractivity contribution in [2.24, 2.45) is 10.1 Å². The van der Waals surface area contributed by atoms with E-state index in [2.05, 4.69) is 10.3 Å². The summed E-state index contributed by atoms with van der Waals surface area (Å²) >= 11 is 1.24. The lowest BCUT2D eigenvalue weighted by atomic mass is 9.98. The van der Waals surface area contributed by atoms with Gasteiger partial charge in [-0.15, -0.1) is 0 Å². The minimum absolute atomic E-state index is 0.0432. The molecule has 2 aliphatic rings. The SMILES string of the molecule is COc1ccc([C@@H]2CC(c3ccccc3)=NN2C2=NC(=O)[C@H](CC(=O)Nc3ccc(OC(C)=O)cc3)S2)cc1. The molecule has 0 fully saturated rings. The Hall–Kier alpha value is -4.44. The standard InChI is InChI=1S/C29H26N4O5S/c1-18(34)38-23-14-10-21(11-15-23)30-27(35)17-26-28(36)31-29(39-26)33-25(20-8-12-22(37-2)13-9-20)16-24(32-33)19-6-4-3-5-7-19/h3-15,25-26H,16-17H2,1-2H3,(H,30,35)/t25-,26-/m0/s1. The van der Waals surface area contributed by atoms with Crippen LogP contribution in [0.15, 0.2) is 89.0 Å². The molecule has 0 aromatic heterocycles. The molecule has 39 heavy (non-hydrogen) atoms. The lowest BCUT2D eigenvalue weighted by Crippen LogP contribution is -2.25. The minimum Gasteiger partial charge on any atom is -0.497 e. The number of ether oxygens (including phenoxy) is 2. The highest BCUT2D eigenvalue weighted by Crippen LogP contribution is 2.39. The van der Waals surface area contributed by atoms with Crippen molar-refractivity contribution in [2.45, 2.75) is 31.1 Å². The van der Waals surface area contributed by atoms with Crippen LogP contribution in [-0.4, -0.2) is 46.0 Å². The van der Waals surface area contributed by atoms with Crippen LogP contribution < -0.4 is 14.8 Å². The third kappa shape index (κ3) is 6.18. The van der Waals surface area contributed by atoms with E-state index in [9.17, 15) is 14.4 Å². The lowest BCUT2D eigenvalue weighted by Gasteiger charge is -2.23. The normalized spacial score (nSPS) is 18.4. The van der Waals surface area contributed by atoms with Gasteiger partial charge < -0.3 is 14.8 Å². The van der Waals surface area contributed by atoms with Crippen LogP contribution in [0, 0.1) is 0 Å². The molecule has 2 heterocycles. The number of nitrogens with zero attached hydrogens (tertiary/aromatic N) is 3. The molecule has 3 aromatic rings. The summed E-state index contributed by atoms with van der Waals surface area (Å²) < 4.78 is 10.3. The number of hydrogen-bond acceptors (Lipinski definition) is 8. The Labute approximate surface area is 229 Å². The highest BCUT2D eigenvalue weighted by molar-refractivity contribution is 8.15. The average molecular weight is 543 g/mol. The molecule has 2 amide bonds. The predicted molar refractivity (Wildman–Crippen MR) is 150 cm³/mol. The van der Waals surface area contributed by atoms with Gasteiger partial charge in [0.25, 0.3) is 5.91 Å². The first-order valence-corrected chi connectivity index (χ1v) is 13.2. The first-order valence-electron chi connectivity index (χ1n) is 12.3. The van der Waals surface area contributed by atoms with Crippen LogP contribution >= 0.6 is 11.8 Å². The Morgan fingerprint density at radius 3 is 2.36 bits per heavy atom. The second-order valence-electron chi connectivity index (χ2n) is 8.96. The first-order chi connectivity index (χ1) is 18.9. The van der Waals surface area contributed by atoms with Crippen LogP contribution in [0.5, 0.6) is 11.5 Å². The fraction of sp³-hybridized carbons (Fsp3) is 0.207. The summed E-state index contributed by atoms with van der Waals surface area (Å²) in [5.41, 5.74) is 3.44. The van der Waals surface area contributed by atoms with Gasteiger partial charge in [0.05, 0.1) is 18.9 Å². The van der Waals surface area contributed by atoms with Crippen molar-refractivity contribution in [3.63, 3.8) is 0 Å². The average Bonchev–Trinajstić information content (AvgIpc) is 3.54. The Morgan fingerprint density at radius 2 is 1.69 bits per heavy atom. The number of nitrogens with one attached hydrogen (secondary N) is 1. The van der Waals surface area contributed by atoms with E-state index in [-0.39, 0.29) is 24.3 Å². The fourth-order valence-corrected chi connectivity index (χ4v) is 5.40. The molecule has 2 atom stereocenters. The summed E-state index contributed by atoms with van der Waals surface area (Å²) in [6, 6.07) is 23.9. The summed E-state index contributed by atoms with van der Waals surface area (Å²) in [4.78, 5) is 40.9. The molecule has 0 unspecified atom stereocenters. The van der Waals surface area contributed by atoms with Crippen molar-refractivity contribution >= 4 is 46.1 Å². The van der Waals surface area contributed by atoms with Crippen molar-refractivity contribution in [2.75, 3.05) is 12.4 Å². The fourth-order valence-electron chi connectivity index (χ4n) is 4.33. The number of thioether (sulfide) groups is 1. The van der Waals surface area contributed by atoms with Crippen molar-refractivity contribution in [1.82, 2.24) is 5.01 Å². The van der Waals surface area contributed by atoms with E-state index in [4.69, 9.17) is 14.6 Å². The number of amides is 2. The van der Waals surface area contributed by atoms with Crippen LogP contribution in [0.4, 0.5) is 5.69 Å². The monoisotopic (exact) mass is 542 g/mol. The van der Waals surface area contributed by atoms with Crippen molar-refractivity contribution < 1.29 is 23.9 Å². The van der Waals surface area contributed by atoms with Crippen LogP contribution in [-0.2, 0) is 14.4 Å². The molecule has 1 N–H and O–H groups in total. The van der Waals surface area contributed by atoms with Crippen molar-refractivity contribution in [3.05, 3.63) is 90.0 Å². The van der Waals surface area contributed by atoms with Crippen molar-refractivity contribution in [1.29, 1.82) is 0 Å². The number of anilines is 1. The lowest BCUT2D eigenvalue weighted by molar-refractivity contribution is -0.131. The highest BCUT2D eigenvalue weighted by atomic mass is 32.2. The number of hydrazone groups is 1. The number of amidine groups is 1. The quantitative estimate of drug-likeness (QED) is 0.337. The summed E-state index contributed by atoms with van der Waals surface area (Å²) in [7, 11) is 1.62. The zero-order valence-corrected chi connectivity index (χ0v) is 22.2. The zero-order chi connectivity index (χ0) is 27.4. The van der Waals surface area contributed by atoms with Crippen LogP contribution in [0.25, 0.3) is 0 Å². The van der Waals surface area contributed by atoms with Crippen LogP contribution in [0.2, 0.25) is 0 Å². The first kappa shape index (κ1) is 26.2. The Balaban J connectivity index is 1.29.